The summed E-state index contributed by atoms with van der Waals surface area (Å²) >= 11 is 5.67. The summed E-state index contributed by atoms with van der Waals surface area (Å²) in [6.45, 7) is 4.79. The zero-order chi connectivity index (χ0) is 10.7. The van der Waals surface area contributed by atoms with Gasteiger partial charge in [0.05, 0.1) is 6.10 Å². The molecule has 0 aromatic carbocycles. The van der Waals surface area contributed by atoms with E-state index in [-0.39, 0.29) is 12.0 Å². The Kier molecular flexibility index (Phi) is 4.16. The van der Waals surface area contributed by atoms with E-state index < -0.39 is 11.5 Å². The van der Waals surface area contributed by atoms with Gasteiger partial charge in [0.2, 0.25) is 5.91 Å². The average Bonchev–Trinajstić information content (AvgIpc) is 2.47. The summed E-state index contributed by atoms with van der Waals surface area (Å²) in [4.78, 5) is 13.0. The molecule has 1 fully saturated rings. The third-order valence-corrected chi connectivity index (χ3v) is 2.46. The largest absolute Gasteiger partial charge is 0.388 e. The SMILES string of the molecule is CCO[C@@H]1CN(C(=O)[C@H](C)Cl)C[C@@H]1O. The number of ether oxygens (including phenoxy) is 1. The van der Waals surface area contributed by atoms with Crippen LogP contribution in [-0.4, -0.2) is 53.2 Å². The molecular weight excluding hydrogens is 206 g/mol. The van der Waals surface area contributed by atoms with Gasteiger partial charge in [0, 0.05) is 19.7 Å². The van der Waals surface area contributed by atoms with Gasteiger partial charge in [0.15, 0.2) is 0 Å². The van der Waals surface area contributed by atoms with Crippen molar-refractivity contribution in [2.75, 3.05) is 19.7 Å². The minimum atomic E-state index is -0.589. The lowest BCUT2D eigenvalue weighted by molar-refractivity contribution is -0.130. The molecule has 1 aliphatic rings. The predicted molar refractivity (Wildman–Crippen MR) is 53.3 cm³/mol. The molecule has 1 saturated heterocycles. The van der Waals surface area contributed by atoms with Gasteiger partial charge in [-0.2, -0.15) is 0 Å². The normalized spacial score (nSPS) is 29.3. The second-order valence-corrected chi connectivity index (χ2v) is 4.08. The van der Waals surface area contributed by atoms with Gasteiger partial charge in [-0.3, -0.25) is 4.79 Å². The van der Waals surface area contributed by atoms with Crippen molar-refractivity contribution in [2.45, 2.75) is 31.4 Å². The van der Waals surface area contributed by atoms with Gasteiger partial charge >= 0.3 is 0 Å². The van der Waals surface area contributed by atoms with E-state index in [1.54, 1.807) is 11.8 Å². The van der Waals surface area contributed by atoms with Crippen molar-refractivity contribution in [3.8, 4) is 0 Å². The molecule has 3 atom stereocenters. The summed E-state index contributed by atoms with van der Waals surface area (Å²) in [6.07, 6.45) is -0.853. The molecule has 0 aromatic heterocycles. The summed E-state index contributed by atoms with van der Waals surface area (Å²) in [6, 6.07) is 0. The van der Waals surface area contributed by atoms with Gasteiger partial charge in [-0.1, -0.05) is 0 Å². The summed E-state index contributed by atoms with van der Waals surface area (Å²) in [5.41, 5.74) is 0. The Morgan fingerprint density at radius 3 is 2.86 bits per heavy atom. The molecule has 0 saturated carbocycles. The second-order valence-electron chi connectivity index (χ2n) is 3.42. The van der Waals surface area contributed by atoms with E-state index in [0.29, 0.717) is 19.7 Å². The number of aliphatic hydroxyl groups is 1. The van der Waals surface area contributed by atoms with Gasteiger partial charge in [-0.25, -0.2) is 0 Å². The first-order valence-electron chi connectivity index (χ1n) is 4.78. The molecule has 0 radical (unpaired) electrons. The molecule has 1 aliphatic heterocycles. The molecule has 4 nitrogen and oxygen atoms in total. The lowest BCUT2D eigenvalue weighted by Gasteiger charge is -2.16. The predicted octanol–water partition coefficient (Wildman–Crippen LogP) is 0.222. The number of carbonyl (C=O) groups is 1. The lowest BCUT2D eigenvalue weighted by atomic mass is 10.3. The number of alkyl halides is 1. The molecule has 5 heteroatoms. The maximum absolute atomic E-state index is 11.5. The van der Waals surface area contributed by atoms with Crippen molar-refractivity contribution in [1.82, 2.24) is 4.90 Å². The van der Waals surface area contributed by atoms with Crippen LogP contribution in [0.2, 0.25) is 0 Å². The fraction of sp³-hybridized carbons (Fsp3) is 0.889. The Labute approximate surface area is 88.8 Å². The third-order valence-electron chi connectivity index (χ3n) is 2.27. The summed E-state index contributed by atoms with van der Waals surface area (Å²) < 4.78 is 5.29. The second kappa shape index (κ2) is 4.96. The Hall–Kier alpha value is -0.320. The van der Waals surface area contributed by atoms with E-state index in [1.165, 1.54) is 0 Å². The number of aliphatic hydroxyl groups excluding tert-OH is 1. The number of amides is 1. The molecule has 14 heavy (non-hydrogen) atoms. The number of rotatable bonds is 3. The number of hydrogen-bond acceptors (Lipinski definition) is 3. The van der Waals surface area contributed by atoms with Crippen LogP contribution in [0.25, 0.3) is 0 Å². The number of nitrogens with zero attached hydrogens (tertiary/aromatic N) is 1. The fourth-order valence-electron chi connectivity index (χ4n) is 1.57. The highest BCUT2D eigenvalue weighted by Gasteiger charge is 2.35. The van der Waals surface area contributed by atoms with Gasteiger partial charge < -0.3 is 14.7 Å². The van der Waals surface area contributed by atoms with Crippen LogP contribution in [0.5, 0.6) is 0 Å². The molecule has 1 amide bonds. The number of hydrogen-bond donors (Lipinski definition) is 1. The van der Waals surface area contributed by atoms with Crippen molar-refractivity contribution < 1.29 is 14.6 Å². The number of likely N-dealkylation sites (tertiary alicyclic amines) is 1. The standard InChI is InChI=1S/C9H16ClNO3/c1-3-14-8-5-11(4-7(8)12)9(13)6(2)10/h6-8,12H,3-5H2,1-2H3/t6-,7-,8+/m0/s1. The highest BCUT2D eigenvalue weighted by molar-refractivity contribution is 6.30. The molecular formula is C9H16ClNO3. The summed E-state index contributed by atoms with van der Waals surface area (Å²) in [5.74, 6) is -0.145. The number of halogens is 1. The van der Waals surface area contributed by atoms with Gasteiger partial charge in [0.25, 0.3) is 0 Å². The van der Waals surface area contributed by atoms with Crippen molar-refractivity contribution in [3.63, 3.8) is 0 Å². The molecule has 0 aliphatic carbocycles. The van der Waals surface area contributed by atoms with E-state index in [0.717, 1.165) is 0 Å². The van der Waals surface area contributed by atoms with Crippen LogP contribution in [0.1, 0.15) is 13.8 Å². The topological polar surface area (TPSA) is 49.8 Å². The maximum atomic E-state index is 11.5. The van der Waals surface area contributed by atoms with Gasteiger partial charge in [-0.05, 0) is 13.8 Å². The van der Waals surface area contributed by atoms with Crippen molar-refractivity contribution >= 4 is 17.5 Å². The zero-order valence-electron chi connectivity index (χ0n) is 8.44. The Morgan fingerprint density at radius 1 is 1.71 bits per heavy atom. The monoisotopic (exact) mass is 221 g/mol. The first-order valence-corrected chi connectivity index (χ1v) is 5.22. The minimum absolute atomic E-state index is 0.145. The van der Waals surface area contributed by atoms with Gasteiger partial charge in [0.1, 0.15) is 11.5 Å². The average molecular weight is 222 g/mol. The van der Waals surface area contributed by atoms with E-state index in [1.807, 2.05) is 6.92 Å². The molecule has 0 unspecified atom stereocenters. The Bertz CT molecular complexity index is 210. The highest BCUT2D eigenvalue weighted by Crippen LogP contribution is 2.15. The fourth-order valence-corrected chi connectivity index (χ4v) is 1.70. The number of carbonyl (C=O) groups excluding carboxylic acids is 1. The Morgan fingerprint density at radius 2 is 2.36 bits per heavy atom. The maximum Gasteiger partial charge on any atom is 0.240 e. The van der Waals surface area contributed by atoms with E-state index in [4.69, 9.17) is 16.3 Å². The molecule has 1 N–H and O–H groups in total. The Balaban J connectivity index is 2.49. The quantitative estimate of drug-likeness (QED) is 0.694. The van der Waals surface area contributed by atoms with Crippen LogP contribution in [-0.2, 0) is 9.53 Å². The smallest absolute Gasteiger partial charge is 0.240 e. The van der Waals surface area contributed by atoms with Crippen LogP contribution in [0.15, 0.2) is 0 Å². The molecule has 82 valence electrons. The molecule has 1 heterocycles. The molecule has 1 rings (SSSR count). The molecule has 0 bridgehead atoms. The van der Waals surface area contributed by atoms with E-state index in [9.17, 15) is 9.90 Å². The van der Waals surface area contributed by atoms with Crippen LogP contribution in [0.3, 0.4) is 0 Å². The highest BCUT2D eigenvalue weighted by atomic mass is 35.5. The first kappa shape index (κ1) is 11.8. The third kappa shape index (κ3) is 2.59. The number of β-amino-alcohol motifs (C(OH)–C–C–N with tert-alkyl or cyclic N) is 1. The first-order chi connectivity index (χ1) is 6.56. The van der Waals surface area contributed by atoms with Crippen LogP contribution in [0, 0.1) is 0 Å². The van der Waals surface area contributed by atoms with Gasteiger partial charge in [-0.15, -0.1) is 11.6 Å². The zero-order valence-corrected chi connectivity index (χ0v) is 9.20. The molecule has 0 aromatic rings. The van der Waals surface area contributed by atoms with Crippen molar-refractivity contribution in [3.05, 3.63) is 0 Å². The summed E-state index contributed by atoms with van der Waals surface area (Å²) in [7, 11) is 0. The van der Waals surface area contributed by atoms with Crippen LogP contribution in [0.4, 0.5) is 0 Å². The van der Waals surface area contributed by atoms with E-state index >= 15 is 0 Å². The van der Waals surface area contributed by atoms with Crippen LogP contribution < -0.4 is 0 Å². The lowest BCUT2D eigenvalue weighted by Crippen LogP contribution is -2.34. The van der Waals surface area contributed by atoms with E-state index in [2.05, 4.69) is 0 Å². The minimum Gasteiger partial charge on any atom is -0.388 e. The van der Waals surface area contributed by atoms with Crippen molar-refractivity contribution in [1.29, 1.82) is 0 Å². The van der Waals surface area contributed by atoms with Crippen LogP contribution >= 0.6 is 11.6 Å². The van der Waals surface area contributed by atoms with Crippen molar-refractivity contribution in [2.24, 2.45) is 0 Å². The summed E-state index contributed by atoms with van der Waals surface area (Å²) in [5, 5.41) is 9.02. The molecule has 0 spiro atoms.